The largest absolute Gasteiger partial charge is 0.480 e. The summed E-state index contributed by atoms with van der Waals surface area (Å²) in [4.78, 5) is 24.5. The number of likely N-dealkylation sites (tertiary alicyclic amines) is 1. The molecule has 0 saturated carbocycles. The molecular formula is C13H21N5O3. The zero-order valence-electron chi connectivity index (χ0n) is 12.0. The van der Waals surface area contributed by atoms with Crippen LogP contribution in [0.1, 0.15) is 37.8 Å². The second-order valence-electron chi connectivity index (χ2n) is 5.21. The summed E-state index contributed by atoms with van der Waals surface area (Å²) in [6.45, 7) is 1.61. The number of carbonyl (C=O) groups is 2. The molecule has 116 valence electrons. The molecule has 21 heavy (non-hydrogen) atoms. The van der Waals surface area contributed by atoms with Crippen LogP contribution in [0.2, 0.25) is 0 Å². The molecule has 2 rings (SSSR count). The van der Waals surface area contributed by atoms with E-state index in [2.05, 4.69) is 15.6 Å². The van der Waals surface area contributed by atoms with Crippen molar-refractivity contribution in [1.82, 2.24) is 25.2 Å². The van der Waals surface area contributed by atoms with Gasteiger partial charge in [-0.25, -0.2) is 9.48 Å². The standard InChI is InChI=1S/C13H21N5O3/c19-12(20)10-18-9-11(15-16-18)8-14-13(21)17-6-4-2-1-3-5-7-17/h9H,1-8,10H2,(H,14,21)(H,19,20). The number of hydrogen-bond donors (Lipinski definition) is 2. The number of rotatable bonds is 4. The second-order valence-corrected chi connectivity index (χ2v) is 5.21. The lowest BCUT2D eigenvalue weighted by Crippen LogP contribution is -2.41. The van der Waals surface area contributed by atoms with Gasteiger partial charge >= 0.3 is 12.0 Å². The van der Waals surface area contributed by atoms with Gasteiger partial charge in [-0.05, 0) is 12.8 Å². The predicted molar refractivity (Wildman–Crippen MR) is 74.6 cm³/mol. The Morgan fingerprint density at radius 1 is 1.19 bits per heavy atom. The number of carboxylic acids is 1. The minimum atomic E-state index is -0.976. The molecule has 1 aliphatic rings. The molecule has 8 nitrogen and oxygen atoms in total. The van der Waals surface area contributed by atoms with Crippen LogP contribution in [0.4, 0.5) is 4.79 Å². The highest BCUT2D eigenvalue weighted by Gasteiger charge is 2.14. The first-order chi connectivity index (χ1) is 10.1. The van der Waals surface area contributed by atoms with Gasteiger partial charge in [0.1, 0.15) is 12.2 Å². The van der Waals surface area contributed by atoms with Gasteiger partial charge in [0.05, 0.1) is 12.7 Å². The van der Waals surface area contributed by atoms with E-state index in [9.17, 15) is 9.59 Å². The highest BCUT2D eigenvalue weighted by molar-refractivity contribution is 5.74. The van der Waals surface area contributed by atoms with Crippen LogP contribution in [-0.2, 0) is 17.9 Å². The molecule has 1 saturated heterocycles. The average molecular weight is 295 g/mol. The van der Waals surface area contributed by atoms with E-state index in [1.54, 1.807) is 0 Å². The molecule has 0 aromatic carbocycles. The van der Waals surface area contributed by atoms with E-state index in [1.165, 1.54) is 30.1 Å². The highest BCUT2D eigenvalue weighted by atomic mass is 16.4. The molecule has 0 spiro atoms. The number of aliphatic carboxylic acids is 1. The lowest BCUT2D eigenvalue weighted by Gasteiger charge is -2.24. The van der Waals surface area contributed by atoms with Gasteiger partial charge < -0.3 is 15.3 Å². The summed E-state index contributed by atoms with van der Waals surface area (Å²) < 4.78 is 1.24. The fourth-order valence-corrected chi connectivity index (χ4v) is 2.36. The monoisotopic (exact) mass is 295 g/mol. The minimum Gasteiger partial charge on any atom is -0.480 e. The van der Waals surface area contributed by atoms with Crippen molar-refractivity contribution in [3.63, 3.8) is 0 Å². The first-order valence-corrected chi connectivity index (χ1v) is 7.29. The van der Waals surface area contributed by atoms with Crippen molar-refractivity contribution in [2.75, 3.05) is 13.1 Å². The molecule has 0 aliphatic carbocycles. The molecule has 1 aromatic rings. The van der Waals surface area contributed by atoms with Crippen LogP contribution in [0.5, 0.6) is 0 Å². The van der Waals surface area contributed by atoms with Crippen LogP contribution in [-0.4, -0.2) is 50.1 Å². The van der Waals surface area contributed by atoms with E-state index >= 15 is 0 Å². The van der Waals surface area contributed by atoms with Gasteiger partial charge in [0, 0.05) is 13.1 Å². The number of nitrogens with zero attached hydrogens (tertiary/aromatic N) is 4. The Morgan fingerprint density at radius 2 is 1.86 bits per heavy atom. The van der Waals surface area contributed by atoms with Crippen molar-refractivity contribution < 1.29 is 14.7 Å². The third kappa shape index (κ3) is 5.05. The molecular weight excluding hydrogens is 274 g/mol. The van der Waals surface area contributed by atoms with Gasteiger partial charge in [0.25, 0.3) is 0 Å². The van der Waals surface area contributed by atoms with Crippen LogP contribution in [0.15, 0.2) is 6.20 Å². The molecule has 0 bridgehead atoms. The Labute approximate surface area is 123 Å². The first-order valence-electron chi connectivity index (χ1n) is 7.29. The molecule has 2 N–H and O–H groups in total. The molecule has 1 fully saturated rings. The molecule has 1 aliphatic heterocycles. The molecule has 2 heterocycles. The third-order valence-corrected chi connectivity index (χ3v) is 3.45. The normalized spacial score (nSPS) is 16.1. The maximum atomic E-state index is 12.1. The summed E-state index contributed by atoms with van der Waals surface area (Å²) in [7, 11) is 0. The number of carbonyl (C=O) groups excluding carboxylic acids is 1. The van der Waals surface area contributed by atoms with E-state index < -0.39 is 5.97 Å². The smallest absolute Gasteiger partial charge is 0.325 e. The topological polar surface area (TPSA) is 100 Å². The Kier molecular flexibility index (Phi) is 5.53. The van der Waals surface area contributed by atoms with Crippen LogP contribution in [0, 0.1) is 0 Å². The number of carboxylic acid groups (broad SMARTS) is 1. The molecule has 0 radical (unpaired) electrons. The SMILES string of the molecule is O=C(O)Cn1cc(CNC(=O)N2CCCCCCC2)nn1. The lowest BCUT2D eigenvalue weighted by molar-refractivity contribution is -0.137. The van der Waals surface area contributed by atoms with E-state index in [0.29, 0.717) is 5.69 Å². The van der Waals surface area contributed by atoms with Crippen molar-refractivity contribution in [2.45, 2.75) is 45.2 Å². The summed E-state index contributed by atoms with van der Waals surface area (Å²) >= 11 is 0. The highest BCUT2D eigenvalue weighted by Crippen LogP contribution is 2.10. The van der Waals surface area contributed by atoms with Crippen LogP contribution in [0.25, 0.3) is 0 Å². The Hall–Kier alpha value is -2.12. The van der Waals surface area contributed by atoms with Crippen molar-refractivity contribution in [1.29, 1.82) is 0 Å². The number of aromatic nitrogens is 3. The van der Waals surface area contributed by atoms with Crippen molar-refractivity contribution in [3.05, 3.63) is 11.9 Å². The number of amides is 2. The van der Waals surface area contributed by atoms with Crippen LogP contribution in [0.3, 0.4) is 0 Å². The van der Waals surface area contributed by atoms with Gasteiger partial charge in [-0.3, -0.25) is 4.79 Å². The van der Waals surface area contributed by atoms with E-state index in [0.717, 1.165) is 25.9 Å². The van der Waals surface area contributed by atoms with E-state index in [4.69, 9.17) is 5.11 Å². The Bertz CT molecular complexity index is 480. The fraction of sp³-hybridized carbons (Fsp3) is 0.692. The second kappa shape index (κ2) is 7.61. The first kappa shape index (κ1) is 15.3. The Balaban J connectivity index is 1.79. The maximum Gasteiger partial charge on any atom is 0.325 e. The quantitative estimate of drug-likeness (QED) is 0.857. The van der Waals surface area contributed by atoms with Gasteiger partial charge in [-0.1, -0.05) is 24.5 Å². The molecule has 0 atom stereocenters. The summed E-state index contributed by atoms with van der Waals surface area (Å²) in [6.07, 6.45) is 7.22. The van der Waals surface area contributed by atoms with Gasteiger partial charge in [0.15, 0.2) is 0 Å². The van der Waals surface area contributed by atoms with E-state index in [1.807, 2.05) is 4.90 Å². The summed E-state index contributed by atoms with van der Waals surface area (Å²) in [6, 6.07) is -0.0929. The molecule has 2 amide bonds. The summed E-state index contributed by atoms with van der Waals surface area (Å²) in [5, 5.41) is 19.0. The fourth-order valence-electron chi connectivity index (χ4n) is 2.36. The van der Waals surface area contributed by atoms with Crippen molar-refractivity contribution in [3.8, 4) is 0 Å². The van der Waals surface area contributed by atoms with Crippen LogP contribution >= 0.6 is 0 Å². The number of hydrogen-bond acceptors (Lipinski definition) is 4. The van der Waals surface area contributed by atoms with Gasteiger partial charge in [-0.2, -0.15) is 0 Å². The van der Waals surface area contributed by atoms with Gasteiger partial charge in [0.2, 0.25) is 0 Å². The Morgan fingerprint density at radius 3 is 2.52 bits per heavy atom. The van der Waals surface area contributed by atoms with Gasteiger partial charge in [-0.15, -0.1) is 5.10 Å². The zero-order chi connectivity index (χ0) is 15.1. The third-order valence-electron chi connectivity index (χ3n) is 3.45. The zero-order valence-corrected chi connectivity index (χ0v) is 12.0. The lowest BCUT2D eigenvalue weighted by atomic mass is 10.1. The molecule has 8 heteroatoms. The molecule has 0 unspecified atom stereocenters. The van der Waals surface area contributed by atoms with Crippen molar-refractivity contribution in [2.24, 2.45) is 0 Å². The maximum absolute atomic E-state index is 12.1. The minimum absolute atomic E-state index is 0.0929. The molecule has 1 aromatic heterocycles. The average Bonchev–Trinajstić information content (AvgIpc) is 2.82. The van der Waals surface area contributed by atoms with Crippen molar-refractivity contribution >= 4 is 12.0 Å². The number of urea groups is 1. The predicted octanol–water partition coefficient (Wildman–Crippen LogP) is 0.838. The summed E-state index contributed by atoms with van der Waals surface area (Å²) in [5.74, 6) is -0.976. The summed E-state index contributed by atoms with van der Waals surface area (Å²) in [5.41, 5.74) is 0.552. The number of nitrogens with one attached hydrogen (secondary N) is 1. The van der Waals surface area contributed by atoms with E-state index in [-0.39, 0.29) is 19.1 Å². The van der Waals surface area contributed by atoms with Crippen LogP contribution < -0.4 is 5.32 Å².